The average molecular weight is 390 g/mol. The highest BCUT2D eigenvalue weighted by atomic mass is 35.5. The van der Waals surface area contributed by atoms with E-state index in [2.05, 4.69) is 20.8 Å². The number of halogens is 1. The van der Waals surface area contributed by atoms with Crippen LogP contribution in [0.5, 0.6) is 5.75 Å². The number of rotatable bonds is 6. The predicted molar refractivity (Wildman–Crippen MR) is 101 cm³/mol. The van der Waals surface area contributed by atoms with Crippen molar-refractivity contribution in [1.82, 2.24) is 20.2 Å². The van der Waals surface area contributed by atoms with Crippen molar-refractivity contribution in [3.05, 3.63) is 53.1 Å². The number of benzene rings is 2. The van der Waals surface area contributed by atoms with Crippen molar-refractivity contribution in [2.24, 2.45) is 0 Å². The number of nitrogens with one attached hydrogen (secondary N) is 1. The molecule has 134 valence electrons. The number of ether oxygens (including phenoxy) is 1. The zero-order valence-electron chi connectivity index (χ0n) is 14.1. The van der Waals surface area contributed by atoms with Gasteiger partial charge < -0.3 is 10.1 Å². The normalized spacial score (nSPS) is 10.6. The largest absolute Gasteiger partial charge is 0.497 e. The molecule has 0 aliphatic carbocycles. The zero-order valence-corrected chi connectivity index (χ0v) is 15.7. The van der Waals surface area contributed by atoms with E-state index < -0.39 is 0 Å². The summed E-state index contributed by atoms with van der Waals surface area (Å²) in [6.45, 7) is 1.91. The summed E-state index contributed by atoms with van der Waals surface area (Å²) in [5, 5.41) is 15.6. The fourth-order valence-electron chi connectivity index (χ4n) is 2.15. The number of tetrazole rings is 1. The second kappa shape index (κ2) is 8.20. The van der Waals surface area contributed by atoms with Gasteiger partial charge in [-0.1, -0.05) is 29.4 Å². The molecule has 0 saturated heterocycles. The average Bonchev–Trinajstić information content (AvgIpc) is 3.12. The van der Waals surface area contributed by atoms with Crippen LogP contribution in [0.3, 0.4) is 0 Å². The SMILES string of the molecule is COc1ccc(-n2nnnc2SCC(=O)Nc2ccc(C)c(Cl)c2)cc1. The van der Waals surface area contributed by atoms with E-state index in [4.69, 9.17) is 16.3 Å². The van der Waals surface area contributed by atoms with Crippen LogP contribution in [0.1, 0.15) is 5.56 Å². The van der Waals surface area contributed by atoms with Gasteiger partial charge in [0.1, 0.15) is 5.75 Å². The first kappa shape index (κ1) is 18.2. The molecule has 3 rings (SSSR count). The van der Waals surface area contributed by atoms with Crippen LogP contribution in [0, 0.1) is 6.92 Å². The first-order valence-electron chi connectivity index (χ1n) is 7.68. The number of hydrogen-bond donors (Lipinski definition) is 1. The molecule has 0 aliphatic heterocycles. The molecule has 1 aromatic heterocycles. The molecule has 0 unspecified atom stereocenters. The van der Waals surface area contributed by atoms with Gasteiger partial charge in [0.15, 0.2) is 0 Å². The summed E-state index contributed by atoms with van der Waals surface area (Å²) in [6, 6.07) is 12.7. The molecule has 0 saturated carbocycles. The maximum Gasteiger partial charge on any atom is 0.234 e. The Bertz CT molecular complexity index is 914. The van der Waals surface area contributed by atoms with Crippen LogP contribution in [0.2, 0.25) is 5.02 Å². The molecule has 9 heteroatoms. The molecule has 7 nitrogen and oxygen atoms in total. The highest BCUT2D eigenvalue weighted by Crippen LogP contribution is 2.22. The Morgan fingerprint density at radius 1 is 1.27 bits per heavy atom. The fraction of sp³-hybridized carbons (Fsp3) is 0.176. The van der Waals surface area contributed by atoms with Crippen molar-refractivity contribution >= 4 is 35.0 Å². The molecule has 0 radical (unpaired) electrons. The van der Waals surface area contributed by atoms with Crippen molar-refractivity contribution in [2.75, 3.05) is 18.2 Å². The van der Waals surface area contributed by atoms with Crippen molar-refractivity contribution < 1.29 is 9.53 Å². The Hall–Kier alpha value is -2.58. The second-order valence-electron chi connectivity index (χ2n) is 5.37. The lowest BCUT2D eigenvalue weighted by molar-refractivity contribution is -0.113. The minimum absolute atomic E-state index is 0.167. The van der Waals surface area contributed by atoms with Crippen LogP contribution >= 0.6 is 23.4 Å². The van der Waals surface area contributed by atoms with Gasteiger partial charge in [-0.05, 0) is 59.3 Å². The minimum Gasteiger partial charge on any atom is -0.497 e. The van der Waals surface area contributed by atoms with Crippen LogP contribution in [0.15, 0.2) is 47.6 Å². The van der Waals surface area contributed by atoms with Gasteiger partial charge in [-0.15, -0.1) is 5.10 Å². The number of thioether (sulfide) groups is 1. The third kappa shape index (κ3) is 4.33. The van der Waals surface area contributed by atoms with E-state index in [0.29, 0.717) is 15.9 Å². The number of carbonyl (C=O) groups is 1. The smallest absolute Gasteiger partial charge is 0.234 e. The van der Waals surface area contributed by atoms with E-state index in [1.807, 2.05) is 43.3 Å². The third-order valence-electron chi connectivity index (χ3n) is 3.55. The van der Waals surface area contributed by atoms with E-state index in [0.717, 1.165) is 17.0 Å². The van der Waals surface area contributed by atoms with Gasteiger partial charge in [0.05, 0.1) is 18.6 Å². The lowest BCUT2D eigenvalue weighted by atomic mass is 10.2. The molecule has 1 N–H and O–H groups in total. The number of methoxy groups -OCH3 is 1. The first-order valence-corrected chi connectivity index (χ1v) is 9.05. The fourth-order valence-corrected chi connectivity index (χ4v) is 3.02. The Morgan fingerprint density at radius 3 is 2.73 bits per heavy atom. The topological polar surface area (TPSA) is 81.9 Å². The van der Waals surface area contributed by atoms with Crippen LogP contribution in [0.25, 0.3) is 5.69 Å². The number of anilines is 1. The van der Waals surface area contributed by atoms with Crippen LogP contribution in [-0.2, 0) is 4.79 Å². The van der Waals surface area contributed by atoms with Gasteiger partial charge in [0, 0.05) is 10.7 Å². The van der Waals surface area contributed by atoms with Crippen molar-refractivity contribution in [2.45, 2.75) is 12.1 Å². The van der Waals surface area contributed by atoms with Gasteiger partial charge >= 0.3 is 0 Å². The second-order valence-corrected chi connectivity index (χ2v) is 6.72. The summed E-state index contributed by atoms with van der Waals surface area (Å²) in [4.78, 5) is 12.2. The number of aromatic nitrogens is 4. The maximum absolute atomic E-state index is 12.2. The highest BCUT2D eigenvalue weighted by Gasteiger charge is 2.12. The zero-order chi connectivity index (χ0) is 18.5. The monoisotopic (exact) mass is 389 g/mol. The van der Waals surface area contributed by atoms with E-state index in [-0.39, 0.29) is 11.7 Å². The summed E-state index contributed by atoms with van der Waals surface area (Å²) in [5.74, 6) is 0.744. The Kier molecular flexibility index (Phi) is 5.75. The van der Waals surface area contributed by atoms with Gasteiger partial charge in [-0.25, -0.2) is 0 Å². The van der Waals surface area contributed by atoms with Gasteiger partial charge in [-0.3, -0.25) is 4.79 Å². The number of carbonyl (C=O) groups excluding carboxylic acids is 1. The first-order chi connectivity index (χ1) is 12.6. The summed E-state index contributed by atoms with van der Waals surface area (Å²) >= 11 is 7.31. The molecule has 1 heterocycles. The van der Waals surface area contributed by atoms with Crippen molar-refractivity contribution in [1.29, 1.82) is 0 Å². The van der Waals surface area contributed by atoms with Crippen LogP contribution in [0.4, 0.5) is 5.69 Å². The Balaban J connectivity index is 1.63. The number of nitrogens with zero attached hydrogens (tertiary/aromatic N) is 4. The molecule has 0 spiro atoms. The Morgan fingerprint density at radius 2 is 2.04 bits per heavy atom. The quantitative estimate of drug-likeness (QED) is 0.651. The Labute approximate surface area is 159 Å². The molecule has 0 atom stereocenters. The molecule has 0 fully saturated rings. The maximum atomic E-state index is 12.2. The standard InChI is InChI=1S/C17H16ClN5O2S/c1-11-3-4-12(9-15(11)18)19-16(24)10-26-17-20-21-22-23(17)13-5-7-14(25-2)8-6-13/h3-9H,10H2,1-2H3,(H,19,24). The highest BCUT2D eigenvalue weighted by molar-refractivity contribution is 7.99. The number of hydrogen-bond acceptors (Lipinski definition) is 6. The molecule has 3 aromatic rings. The van der Waals surface area contributed by atoms with Crippen molar-refractivity contribution in [3.8, 4) is 11.4 Å². The van der Waals surface area contributed by atoms with E-state index in [1.165, 1.54) is 11.8 Å². The molecule has 1 amide bonds. The molecule has 2 aromatic carbocycles. The van der Waals surface area contributed by atoms with Crippen molar-refractivity contribution in [3.63, 3.8) is 0 Å². The molecule has 0 aliphatic rings. The predicted octanol–water partition coefficient (Wildman–Crippen LogP) is 3.36. The summed E-state index contributed by atoms with van der Waals surface area (Å²) < 4.78 is 6.71. The lowest BCUT2D eigenvalue weighted by Gasteiger charge is -2.07. The summed E-state index contributed by atoms with van der Waals surface area (Å²) in [7, 11) is 1.60. The molecule has 26 heavy (non-hydrogen) atoms. The third-order valence-corrected chi connectivity index (χ3v) is 4.87. The number of aryl methyl sites for hydroxylation is 1. The van der Waals surface area contributed by atoms with Gasteiger partial charge in [-0.2, -0.15) is 4.68 Å². The molecular weight excluding hydrogens is 374 g/mol. The van der Waals surface area contributed by atoms with E-state index >= 15 is 0 Å². The van der Waals surface area contributed by atoms with Crippen LogP contribution < -0.4 is 10.1 Å². The van der Waals surface area contributed by atoms with Gasteiger partial charge in [0.25, 0.3) is 0 Å². The van der Waals surface area contributed by atoms with Gasteiger partial charge in [0.2, 0.25) is 11.1 Å². The summed E-state index contributed by atoms with van der Waals surface area (Å²) in [6.07, 6.45) is 0. The lowest BCUT2D eigenvalue weighted by Crippen LogP contribution is -2.14. The number of amides is 1. The van der Waals surface area contributed by atoms with Crippen LogP contribution in [-0.4, -0.2) is 39.0 Å². The molecular formula is C17H16ClN5O2S. The minimum atomic E-state index is -0.167. The van der Waals surface area contributed by atoms with E-state index in [1.54, 1.807) is 17.9 Å². The summed E-state index contributed by atoms with van der Waals surface area (Å²) in [5.41, 5.74) is 2.39. The molecule has 0 bridgehead atoms. The van der Waals surface area contributed by atoms with E-state index in [9.17, 15) is 4.79 Å².